The maximum atomic E-state index is 9.56. The summed E-state index contributed by atoms with van der Waals surface area (Å²) in [6, 6.07) is 9.26. The second kappa shape index (κ2) is 7.09. The molecule has 0 bridgehead atoms. The van der Waals surface area contributed by atoms with Crippen molar-refractivity contribution in [2.45, 2.75) is 45.8 Å². The van der Waals surface area contributed by atoms with Gasteiger partial charge in [-0.25, -0.2) is 0 Å². The number of hydrogen-bond acceptors (Lipinski definition) is 3. The quantitative estimate of drug-likeness (QED) is 0.868. The largest absolute Gasteiger partial charge is 0.393 e. The van der Waals surface area contributed by atoms with E-state index in [1.54, 1.807) is 0 Å². The monoisotopic (exact) mass is 276 g/mol. The summed E-state index contributed by atoms with van der Waals surface area (Å²) in [6.45, 7) is 9.64. The van der Waals surface area contributed by atoms with Gasteiger partial charge in [0.15, 0.2) is 0 Å². The SMILES string of the molecule is CC(C)CNC(C)c1ccc(N2CCC(O)CC2)cc1. The first-order valence-corrected chi connectivity index (χ1v) is 7.82. The highest BCUT2D eigenvalue weighted by atomic mass is 16.3. The van der Waals surface area contributed by atoms with Crippen LogP contribution < -0.4 is 10.2 Å². The summed E-state index contributed by atoms with van der Waals surface area (Å²) in [5.74, 6) is 0.677. The van der Waals surface area contributed by atoms with E-state index in [2.05, 4.69) is 55.3 Å². The third-order valence-corrected chi connectivity index (χ3v) is 4.06. The van der Waals surface area contributed by atoms with Crippen molar-refractivity contribution in [2.75, 3.05) is 24.5 Å². The molecular weight excluding hydrogens is 248 g/mol. The van der Waals surface area contributed by atoms with Crippen molar-refractivity contribution < 1.29 is 5.11 Å². The fourth-order valence-corrected chi connectivity index (χ4v) is 2.63. The molecule has 0 aliphatic carbocycles. The number of piperidine rings is 1. The van der Waals surface area contributed by atoms with E-state index < -0.39 is 0 Å². The van der Waals surface area contributed by atoms with Gasteiger partial charge in [-0.3, -0.25) is 0 Å². The van der Waals surface area contributed by atoms with Crippen LogP contribution >= 0.6 is 0 Å². The molecule has 1 atom stereocenters. The molecule has 1 saturated heterocycles. The molecule has 1 aliphatic heterocycles. The number of nitrogens with one attached hydrogen (secondary N) is 1. The lowest BCUT2D eigenvalue weighted by atomic mass is 10.0. The van der Waals surface area contributed by atoms with Gasteiger partial charge in [-0.2, -0.15) is 0 Å². The highest BCUT2D eigenvalue weighted by Gasteiger charge is 2.17. The van der Waals surface area contributed by atoms with Crippen LogP contribution in [0.5, 0.6) is 0 Å². The van der Waals surface area contributed by atoms with Crippen molar-refractivity contribution >= 4 is 5.69 Å². The topological polar surface area (TPSA) is 35.5 Å². The van der Waals surface area contributed by atoms with Gasteiger partial charge in [0.05, 0.1) is 6.10 Å². The van der Waals surface area contributed by atoms with Crippen molar-refractivity contribution in [1.29, 1.82) is 0 Å². The maximum absolute atomic E-state index is 9.56. The summed E-state index contributed by atoms with van der Waals surface area (Å²) >= 11 is 0. The summed E-state index contributed by atoms with van der Waals surface area (Å²) in [6.07, 6.45) is 1.66. The molecule has 3 heteroatoms. The molecule has 1 aromatic rings. The molecule has 20 heavy (non-hydrogen) atoms. The molecule has 1 heterocycles. The van der Waals surface area contributed by atoms with Crippen LogP contribution in [0.4, 0.5) is 5.69 Å². The maximum Gasteiger partial charge on any atom is 0.0574 e. The van der Waals surface area contributed by atoms with Gasteiger partial charge < -0.3 is 15.3 Å². The van der Waals surface area contributed by atoms with Crippen molar-refractivity contribution in [3.63, 3.8) is 0 Å². The zero-order valence-corrected chi connectivity index (χ0v) is 13.0. The number of aliphatic hydroxyl groups is 1. The highest BCUT2D eigenvalue weighted by molar-refractivity contribution is 5.48. The highest BCUT2D eigenvalue weighted by Crippen LogP contribution is 2.22. The number of nitrogens with zero attached hydrogens (tertiary/aromatic N) is 1. The molecule has 3 nitrogen and oxygen atoms in total. The molecule has 1 unspecified atom stereocenters. The standard InChI is InChI=1S/C17H28N2O/c1-13(2)12-18-14(3)15-4-6-16(7-5-15)19-10-8-17(20)9-11-19/h4-7,13-14,17-18,20H,8-12H2,1-3H3. The second-order valence-corrected chi connectivity index (χ2v) is 6.33. The van der Waals surface area contributed by atoms with E-state index in [0.717, 1.165) is 32.5 Å². The van der Waals surface area contributed by atoms with Crippen LogP contribution in [0.25, 0.3) is 0 Å². The van der Waals surface area contributed by atoms with Crippen LogP contribution in [0.3, 0.4) is 0 Å². The van der Waals surface area contributed by atoms with E-state index in [9.17, 15) is 5.11 Å². The van der Waals surface area contributed by atoms with Gasteiger partial charge in [0.2, 0.25) is 0 Å². The molecule has 1 aromatic carbocycles. The summed E-state index contributed by atoms with van der Waals surface area (Å²) < 4.78 is 0. The van der Waals surface area contributed by atoms with Crippen molar-refractivity contribution in [2.24, 2.45) is 5.92 Å². The first-order chi connectivity index (χ1) is 9.56. The molecule has 1 aliphatic rings. The Morgan fingerprint density at radius 2 is 1.75 bits per heavy atom. The van der Waals surface area contributed by atoms with Crippen molar-refractivity contribution in [3.8, 4) is 0 Å². The number of anilines is 1. The van der Waals surface area contributed by atoms with Gasteiger partial charge in [-0.05, 0) is 49.9 Å². The molecule has 0 saturated carbocycles. The van der Waals surface area contributed by atoms with E-state index in [-0.39, 0.29) is 6.10 Å². The summed E-state index contributed by atoms with van der Waals surface area (Å²) in [7, 11) is 0. The Morgan fingerprint density at radius 1 is 1.15 bits per heavy atom. The smallest absolute Gasteiger partial charge is 0.0574 e. The van der Waals surface area contributed by atoms with Crippen LogP contribution in [0.15, 0.2) is 24.3 Å². The fraction of sp³-hybridized carbons (Fsp3) is 0.647. The van der Waals surface area contributed by atoms with Gasteiger partial charge in [0.25, 0.3) is 0 Å². The fourth-order valence-electron chi connectivity index (χ4n) is 2.63. The molecule has 1 fully saturated rings. The first kappa shape index (κ1) is 15.3. The minimum Gasteiger partial charge on any atom is -0.393 e. The summed E-state index contributed by atoms with van der Waals surface area (Å²) in [4.78, 5) is 2.36. The number of aliphatic hydroxyl groups excluding tert-OH is 1. The van der Waals surface area contributed by atoms with Crippen LogP contribution in [0.2, 0.25) is 0 Å². The zero-order valence-electron chi connectivity index (χ0n) is 13.0. The third kappa shape index (κ3) is 4.22. The number of rotatable bonds is 5. The van der Waals surface area contributed by atoms with Crippen LogP contribution in [0.1, 0.15) is 45.2 Å². The Labute approximate surface area is 123 Å². The lowest BCUT2D eigenvalue weighted by Gasteiger charge is -2.31. The Hall–Kier alpha value is -1.06. The predicted octanol–water partition coefficient (Wildman–Crippen LogP) is 2.95. The molecule has 112 valence electrons. The number of hydrogen-bond donors (Lipinski definition) is 2. The van der Waals surface area contributed by atoms with Gasteiger partial charge in [0.1, 0.15) is 0 Å². The second-order valence-electron chi connectivity index (χ2n) is 6.33. The van der Waals surface area contributed by atoms with Crippen LogP contribution in [-0.4, -0.2) is 30.8 Å². The van der Waals surface area contributed by atoms with E-state index in [0.29, 0.717) is 12.0 Å². The van der Waals surface area contributed by atoms with E-state index in [4.69, 9.17) is 0 Å². The Balaban J connectivity index is 1.92. The van der Waals surface area contributed by atoms with Gasteiger partial charge in [-0.15, -0.1) is 0 Å². The van der Waals surface area contributed by atoms with Crippen LogP contribution in [0, 0.1) is 5.92 Å². The van der Waals surface area contributed by atoms with Gasteiger partial charge in [-0.1, -0.05) is 26.0 Å². The molecule has 0 aromatic heterocycles. The van der Waals surface area contributed by atoms with Gasteiger partial charge >= 0.3 is 0 Å². The molecule has 2 N–H and O–H groups in total. The van der Waals surface area contributed by atoms with E-state index >= 15 is 0 Å². The minimum absolute atomic E-state index is 0.106. The zero-order chi connectivity index (χ0) is 14.5. The minimum atomic E-state index is -0.106. The Kier molecular flexibility index (Phi) is 5.44. The lowest BCUT2D eigenvalue weighted by Crippen LogP contribution is -2.35. The van der Waals surface area contributed by atoms with E-state index in [1.165, 1.54) is 11.3 Å². The molecular formula is C17H28N2O. The molecule has 0 radical (unpaired) electrons. The van der Waals surface area contributed by atoms with Crippen LogP contribution in [-0.2, 0) is 0 Å². The lowest BCUT2D eigenvalue weighted by molar-refractivity contribution is 0.145. The summed E-state index contributed by atoms with van der Waals surface area (Å²) in [5, 5.41) is 13.1. The molecule has 0 spiro atoms. The van der Waals surface area contributed by atoms with Crippen molar-refractivity contribution in [1.82, 2.24) is 5.32 Å². The average molecular weight is 276 g/mol. The predicted molar refractivity (Wildman–Crippen MR) is 85.2 cm³/mol. The Bertz CT molecular complexity index is 394. The van der Waals surface area contributed by atoms with E-state index in [1.807, 2.05) is 0 Å². The molecule has 2 rings (SSSR count). The van der Waals surface area contributed by atoms with Crippen molar-refractivity contribution in [3.05, 3.63) is 29.8 Å². The average Bonchev–Trinajstić information content (AvgIpc) is 2.46. The first-order valence-electron chi connectivity index (χ1n) is 7.82. The normalized spacial score (nSPS) is 18.6. The third-order valence-electron chi connectivity index (χ3n) is 4.06. The van der Waals surface area contributed by atoms with Gasteiger partial charge in [0, 0.05) is 24.8 Å². The number of benzene rings is 1. The summed E-state index contributed by atoms with van der Waals surface area (Å²) in [5.41, 5.74) is 2.61. The Morgan fingerprint density at radius 3 is 2.30 bits per heavy atom. The molecule has 0 amide bonds.